The molecule has 1 unspecified atom stereocenters. The second kappa shape index (κ2) is 8.72. The van der Waals surface area contributed by atoms with Gasteiger partial charge in [0.15, 0.2) is 15.7 Å². The van der Waals surface area contributed by atoms with Crippen LogP contribution in [0.1, 0.15) is 12.5 Å². The summed E-state index contributed by atoms with van der Waals surface area (Å²) in [6.07, 6.45) is 0. The van der Waals surface area contributed by atoms with Gasteiger partial charge in [-0.3, -0.25) is 0 Å². The SMILES string of the molecule is CCn1c(N)nc2c(-c3ccc(S(=O)(=O)C4CNC4)c(S(N)=O)c3/C(N)=N/NN)cccc21. The van der Waals surface area contributed by atoms with Crippen molar-refractivity contribution in [2.45, 2.75) is 28.5 Å². The van der Waals surface area contributed by atoms with Crippen LogP contribution >= 0.6 is 0 Å². The maximum absolute atomic E-state index is 13.2. The fraction of sp³-hybridized carbons (Fsp3) is 0.263. The van der Waals surface area contributed by atoms with Crippen molar-refractivity contribution in [3.8, 4) is 11.1 Å². The number of hydrazone groups is 1. The van der Waals surface area contributed by atoms with Gasteiger partial charge in [-0.1, -0.05) is 18.2 Å². The molecule has 0 bridgehead atoms. The lowest BCUT2D eigenvalue weighted by Gasteiger charge is -2.28. The van der Waals surface area contributed by atoms with Gasteiger partial charge in [0.25, 0.3) is 0 Å². The molecule has 0 aliphatic carbocycles. The number of anilines is 1. The molecule has 1 aliphatic heterocycles. The Bertz CT molecular complexity index is 1400. The quantitative estimate of drug-likeness (QED) is 0.105. The number of nitrogens with two attached hydrogens (primary N) is 4. The molecule has 2 aromatic carbocycles. The first-order valence-corrected chi connectivity index (χ1v) is 12.8. The molecule has 12 nitrogen and oxygen atoms in total. The normalized spacial score (nSPS) is 16.0. The van der Waals surface area contributed by atoms with E-state index in [9.17, 15) is 12.6 Å². The average molecular weight is 492 g/mol. The van der Waals surface area contributed by atoms with E-state index >= 15 is 0 Å². The highest BCUT2D eigenvalue weighted by atomic mass is 32.2. The van der Waals surface area contributed by atoms with Crippen molar-refractivity contribution in [3.63, 3.8) is 0 Å². The highest BCUT2D eigenvalue weighted by Crippen LogP contribution is 2.37. The number of para-hydroxylation sites is 1. The van der Waals surface area contributed by atoms with Gasteiger partial charge >= 0.3 is 0 Å². The van der Waals surface area contributed by atoms with E-state index in [-0.39, 0.29) is 34.3 Å². The van der Waals surface area contributed by atoms with Gasteiger partial charge in [0.05, 0.1) is 26.1 Å². The number of rotatable bonds is 7. The van der Waals surface area contributed by atoms with Crippen molar-refractivity contribution in [3.05, 3.63) is 35.9 Å². The van der Waals surface area contributed by atoms with Crippen molar-refractivity contribution in [2.24, 2.45) is 21.8 Å². The van der Waals surface area contributed by atoms with Crippen LogP contribution in [0.25, 0.3) is 22.2 Å². The second-order valence-electron chi connectivity index (χ2n) is 7.45. The minimum absolute atomic E-state index is 0.0965. The van der Waals surface area contributed by atoms with Gasteiger partial charge in [-0.05, 0) is 24.6 Å². The minimum atomic E-state index is -3.83. The first kappa shape index (κ1) is 23.1. The summed E-state index contributed by atoms with van der Waals surface area (Å²) < 4.78 is 41.0. The second-order valence-corrected chi connectivity index (χ2v) is 10.7. The molecule has 3 aromatic rings. The minimum Gasteiger partial charge on any atom is -0.382 e. The van der Waals surface area contributed by atoms with Crippen molar-refractivity contribution >= 4 is 43.6 Å². The van der Waals surface area contributed by atoms with E-state index in [1.807, 2.05) is 23.6 Å². The van der Waals surface area contributed by atoms with E-state index in [0.717, 1.165) is 5.52 Å². The van der Waals surface area contributed by atoms with Crippen molar-refractivity contribution in [1.82, 2.24) is 20.4 Å². The van der Waals surface area contributed by atoms with E-state index in [1.54, 1.807) is 12.1 Å². The third-order valence-corrected chi connectivity index (χ3v) is 8.79. The smallest absolute Gasteiger partial charge is 0.201 e. The molecule has 2 heterocycles. The molecule has 0 radical (unpaired) electrons. The van der Waals surface area contributed by atoms with Gasteiger partial charge < -0.3 is 21.4 Å². The van der Waals surface area contributed by atoms with Crippen LogP contribution in [0, 0.1) is 0 Å². The number of amidine groups is 1. The molecule has 1 aromatic heterocycles. The molecule has 4 rings (SSSR count). The van der Waals surface area contributed by atoms with Gasteiger partial charge in [0.1, 0.15) is 11.0 Å². The Morgan fingerprint density at radius 1 is 1.30 bits per heavy atom. The Labute approximate surface area is 192 Å². The summed E-state index contributed by atoms with van der Waals surface area (Å²) in [5.41, 5.74) is 16.9. The molecule has 1 atom stereocenters. The lowest BCUT2D eigenvalue weighted by Crippen LogP contribution is -2.51. The maximum Gasteiger partial charge on any atom is 0.201 e. The summed E-state index contributed by atoms with van der Waals surface area (Å²) in [7, 11) is -6.05. The van der Waals surface area contributed by atoms with E-state index in [4.69, 9.17) is 22.4 Å². The number of sulfone groups is 1. The number of fused-ring (bicyclic) bond motifs is 1. The number of hydrogen-bond donors (Lipinski definition) is 6. The van der Waals surface area contributed by atoms with Gasteiger partial charge in [-0.15, -0.1) is 5.10 Å². The lowest BCUT2D eigenvalue weighted by molar-refractivity contribution is 0.494. The van der Waals surface area contributed by atoms with Crippen molar-refractivity contribution in [2.75, 3.05) is 18.8 Å². The summed E-state index contributed by atoms with van der Waals surface area (Å²) in [6, 6.07) is 8.44. The predicted molar refractivity (Wildman–Crippen MR) is 128 cm³/mol. The highest BCUT2D eigenvalue weighted by Gasteiger charge is 2.37. The number of hydrogen-bond acceptors (Lipinski definition) is 9. The van der Waals surface area contributed by atoms with E-state index in [1.165, 1.54) is 6.07 Å². The molecule has 14 heteroatoms. The molecule has 33 heavy (non-hydrogen) atoms. The lowest BCUT2D eigenvalue weighted by atomic mass is 9.97. The standard InChI is InChI=1S/C19H25N9O3S2/c1-2-28-13-5-3-4-12(16(13)25-19(28)21)11-6-7-14(33(30,31)10-8-24-9-10)17(32(23)29)15(11)18(20)26-27-22/h3-7,10,24,27H,2,8-9,22-23H2,1H3,(H2,20,26)(H2,21,25). The first-order chi connectivity index (χ1) is 15.7. The van der Waals surface area contributed by atoms with E-state index in [0.29, 0.717) is 29.1 Å². The van der Waals surface area contributed by atoms with Gasteiger partial charge in [0.2, 0.25) is 5.95 Å². The Morgan fingerprint density at radius 2 is 2.03 bits per heavy atom. The first-order valence-electron chi connectivity index (χ1n) is 10.0. The van der Waals surface area contributed by atoms with Crippen LogP contribution in [0.4, 0.5) is 5.95 Å². The van der Waals surface area contributed by atoms with Gasteiger partial charge in [-0.25, -0.2) is 34.1 Å². The molecular weight excluding hydrogens is 466 g/mol. The zero-order chi connectivity index (χ0) is 23.9. The zero-order valence-electron chi connectivity index (χ0n) is 17.8. The van der Waals surface area contributed by atoms with Crippen molar-refractivity contribution in [1.29, 1.82) is 0 Å². The average Bonchev–Trinajstić information content (AvgIpc) is 3.06. The summed E-state index contributed by atoms with van der Waals surface area (Å²) in [5, 5.41) is 11.9. The summed E-state index contributed by atoms with van der Waals surface area (Å²) >= 11 is 0. The molecule has 176 valence electrons. The van der Waals surface area contributed by atoms with Gasteiger partial charge in [0, 0.05) is 30.8 Å². The van der Waals surface area contributed by atoms with Crippen LogP contribution in [0.2, 0.25) is 0 Å². The summed E-state index contributed by atoms with van der Waals surface area (Å²) in [6.45, 7) is 3.12. The number of benzene rings is 2. The third-order valence-electron chi connectivity index (χ3n) is 5.67. The predicted octanol–water partition coefficient (Wildman–Crippen LogP) is -0.884. The molecule has 10 N–H and O–H groups in total. The Hall–Kier alpha value is -3.04. The fourth-order valence-electron chi connectivity index (χ4n) is 3.97. The Kier molecular flexibility index (Phi) is 6.11. The molecule has 0 spiro atoms. The van der Waals surface area contributed by atoms with Crippen LogP contribution in [0.5, 0.6) is 0 Å². The van der Waals surface area contributed by atoms with Crippen molar-refractivity contribution < 1.29 is 12.6 Å². The van der Waals surface area contributed by atoms with Crippen LogP contribution in [-0.4, -0.2) is 46.4 Å². The van der Waals surface area contributed by atoms with Crippen LogP contribution < -0.4 is 33.3 Å². The molecular formula is C19H25N9O3S2. The summed E-state index contributed by atoms with van der Waals surface area (Å²) in [4.78, 5) is 4.19. The molecule has 0 saturated carbocycles. The number of aromatic nitrogens is 2. The zero-order valence-corrected chi connectivity index (χ0v) is 19.4. The van der Waals surface area contributed by atoms with Crippen LogP contribution in [0.3, 0.4) is 0 Å². The Morgan fingerprint density at radius 3 is 2.61 bits per heavy atom. The molecule has 1 fully saturated rings. The fourth-order valence-corrected chi connectivity index (χ4v) is 6.90. The van der Waals surface area contributed by atoms with Crippen LogP contribution in [-0.2, 0) is 27.4 Å². The Balaban J connectivity index is 2.09. The van der Waals surface area contributed by atoms with E-state index < -0.39 is 26.1 Å². The van der Waals surface area contributed by atoms with Crippen LogP contribution in [0.15, 0.2) is 45.2 Å². The maximum atomic E-state index is 13.2. The molecule has 1 aliphatic rings. The number of imidazole rings is 1. The van der Waals surface area contributed by atoms with Gasteiger partial charge in [-0.2, -0.15) is 0 Å². The number of aryl methyl sites for hydroxylation is 1. The number of nitrogen functional groups attached to an aromatic ring is 1. The van der Waals surface area contributed by atoms with E-state index in [2.05, 4.69) is 20.9 Å². The monoisotopic (exact) mass is 491 g/mol. The number of hydrazine groups is 1. The number of nitrogens with one attached hydrogen (secondary N) is 2. The molecule has 0 amide bonds. The number of nitrogens with zero attached hydrogens (tertiary/aromatic N) is 3. The third kappa shape index (κ3) is 3.75. The molecule has 1 saturated heterocycles. The topological polar surface area (TPSA) is 210 Å². The largest absolute Gasteiger partial charge is 0.382 e. The highest BCUT2D eigenvalue weighted by molar-refractivity contribution is 7.93. The summed E-state index contributed by atoms with van der Waals surface area (Å²) in [5.74, 6) is 5.48.